The van der Waals surface area contributed by atoms with Gasteiger partial charge < -0.3 is 9.80 Å². The minimum absolute atomic E-state index is 0.948. The second-order valence-corrected chi connectivity index (χ2v) is 9.46. The Labute approximate surface area is 205 Å². The average molecular weight is 451 g/mol. The van der Waals surface area contributed by atoms with E-state index in [0.717, 1.165) is 11.8 Å². The van der Waals surface area contributed by atoms with Crippen LogP contribution in [0.3, 0.4) is 0 Å². The van der Waals surface area contributed by atoms with Crippen LogP contribution < -0.4 is 9.80 Å². The molecule has 0 radical (unpaired) electrons. The summed E-state index contributed by atoms with van der Waals surface area (Å²) >= 11 is 0. The van der Waals surface area contributed by atoms with Gasteiger partial charge in [-0.05, 0) is 75.6 Å². The lowest BCUT2D eigenvalue weighted by atomic mass is 9.86. The summed E-state index contributed by atoms with van der Waals surface area (Å²) in [6.07, 6.45) is 9.82. The van der Waals surface area contributed by atoms with E-state index >= 15 is 0 Å². The molecule has 2 heteroatoms. The summed E-state index contributed by atoms with van der Waals surface area (Å²) < 4.78 is 0. The van der Waals surface area contributed by atoms with E-state index in [1.54, 1.807) is 0 Å². The predicted octanol–water partition coefficient (Wildman–Crippen LogP) is 8.66. The molecule has 2 aromatic carbocycles. The molecule has 0 saturated carbocycles. The minimum Gasteiger partial charge on any atom is -0.372 e. The minimum atomic E-state index is 0.948. The standard InChI is InChI=1S/C27H38N2.2C2H6/c1-22-6-10-26(11-7-22)28-18-14-24(15-19-28)4-3-5-25-16-20-29(21-17-25)27-12-8-23(2)9-13-27;2*1-2/h6-13,24-25H,3-5,14-21H2,1-2H3;2*1-2H3. The van der Waals surface area contributed by atoms with Gasteiger partial charge in [-0.3, -0.25) is 0 Å². The molecule has 33 heavy (non-hydrogen) atoms. The maximum Gasteiger partial charge on any atom is 0.0366 e. The maximum absolute atomic E-state index is 2.58. The molecule has 0 N–H and O–H groups in total. The largest absolute Gasteiger partial charge is 0.372 e. The molecule has 0 bridgehead atoms. The van der Waals surface area contributed by atoms with Crippen LogP contribution in [0.2, 0.25) is 0 Å². The first-order valence-corrected chi connectivity index (χ1v) is 13.8. The van der Waals surface area contributed by atoms with Crippen molar-refractivity contribution < 1.29 is 0 Å². The SMILES string of the molecule is CC.CC.Cc1ccc(N2CCC(CCCC3CCN(c4ccc(C)cc4)CC3)CC2)cc1. The second-order valence-electron chi connectivity index (χ2n) is 9.46. The Hall–Kier alpha value is -1.96. The smallest absolute Gasteiger partial charge is 0.0366 e. The first-order chi connectivity index (χ1) is 16.2. The van der Waals surface area contributed by atoms with Crippen molar-refractivity contribution in [1.29, 1.82) is 0 Å². The highest BCUT2D eigenvalue weighted by Gasteiger charge is 2.22. The lowest BCUT2D eigenvalue weighted by Crippen LogP contribution is -2.34. The molecule has 2 aliphatic heterocycles. The van der Waals surface area contributed by atoms with Gasteiger partial charge in [0.1, 0.15) is 0 Å². The molecule has 0 amide bonds. The molecule has 2 heterocycles. The van der Waals surface area contributed by atoms with Gasteiger partial charge >= 0.3 is 0 Å². The molecular formula is C31H50N2. The predicted molar refractivity (Wildman–Crippen MR) is 149 cm³/mol. The van der Waals surface area contributed by atoms with Gasteiger partial charge in [-0.15, -0.1) is 0 Å². The Morgan fingerprint density at radius 1 is 0.545 bits per heavy atom. The van der Waals surface area contributed by atoms with Crippen molar-refractivity contribution in [1.82, 2.24) is 0 Å². The van der Waals surface area contributed by atoms with Gasteiger partial charge in [-0.25, -0.2) is 0 Å². The van der Waals surface area contributed by atoms with Gasteiger partial charge in [0.05, 0.1) is 0 Å². The molecule has 2 aromatic rings. The van der Waals surface area contributed by atoms with Crippen LogP contribution in [-0.4, -0.2) is 26.2 Å². The van der Waals surface area contributed by atoms with E-state index in [1.807, 2.05) is 27.7 Å². The molecule has 184 valence electrons. The fraction of sp³-hybridized carbons (Fsp3) is 0.613. The summed E-state index contributed by atoms with van der Waals surface area (Å²) in [5.41, 5.74) is 5.53. The Bertz CT molecular complexity index is 668. The highest BCUT2D eigenvalue weighted by atomic mass is 15.1. The normalized spacial score (nSPS) is 17.0. The van der Waals surface area contributed by atoms with Crippen molar-refractivity contribution >= 4 is 11.4 Å². The summed E-state index contributed by atoms with van der Waals surface area (Å²) in [5.74, 6) is 1.90. The maximum atomic E-state index is 2.58. The van der Waals surface area contributed by atoms with Crippen molar-refractivity contribution in [3.05, 3.63) is 59.7 Å². The summed E-state index contributed by atoms with van der Waals surface area (Å²) in [4.78, 5) is 5.16. The Balaban J connectivity index is 0.000000914. The number of hydrogen-bond acceptors (Lipinski definition) is 2. The molecule has 0 aliphatic carbocycles. The summed E-state index contributed by atoms with van der Waals surface area (Å²) in [6, 6.07) is 18.1. The van der Waals surface area contributed by atoms with Crippen LogP contribution >= 0.6 is 0 Å². The lowest BCUT2D eigenvalue weighted by molar-refractivity contribution is 0.325. The van der Waals surface area contributed by atoms with E-state index in [1.165, 1.54) is 93.6 Å². The van der Waals surface area contributed by atoms with E-state index in [0.29, 0.717) is 0 Å². The van der Waals surface area contributed by atoms with E-state index in [2.05, 4.69) is 72.2 Å². The summed E-state index contributed by atoms with van der Waals surface area (Å²) in [7, 11) is 0. The zero-order valence-corrected chi connectivity index (χ0v) is 22.4. The van der Waals surface area contributed by atoms with Crippen molar-refractivity contribution in [2.75, 3.05) is 36.0 Å². The Morgan fingerprint density at radius 3 is 1.15 bits per heavy atom. The lowest BCUT2D eigenvalue weighted by Gasteiger charge is -2.35. The van der Waals surface area contributed by atoms with Gasteiger partial charge in [0, 0.05) is 37.6 Å². The van der Waals surface area contributed by atoms with Gasteiger partial charge in [0.2, 0.25) is 0 Å². The average Bonchev–Trinajstić information content (AvgIpc) is 2.88. The molecule has 2 aliphatic rings. The van der Waals surface area contributed by atoms with Crippen molar-refractivity contribution in [2.24, 2.45) is 11.8 Å². The second kappa shape index (κ2) is 15.0. The third kappa shape index (κ3) is 8.72. The van der Waals surface area contributed by atoms with Crippen LogP contribution in [0.1, 0.15) is 83.8 Å². The van der Waals surface area contributed by atoms with Gasteiger partial charge in [-0.2, -0.15) is 0 Å². The molecule has 0 aromatic heterocycles. The zero-order valence-electron chi connectivity index (χ0n) is 22.4. The first kappa shape index (κ1) is 27.3. The number of anilines is 2. The third-order valence-electron chi connectivity index (χ3n) is 7.25. The summed E-state index contributed by atoms with van der Waals surface area (Å²) in [5, 5.41) is 0. The molecule has 0 spiro atoms. The number of aryl methyl sites for hydroxylation is 2. The van der Waals surface area contributed by atoms with E-state index in [-0.39, 0.29) is 0 Å². The third-order valence-corrected chi connectivity index (χ3v) is 7.25. The van der Waals surface area contributed by atoms with Crippen molar-refractivity contribution in [2.45, 2.75) is 86.5 Å². The van der Waals surface area contributed by atoms with Gasteiger partial charge in [0.15, 0.2) is 0 Å². The van der Waals surface area contributed by atoms with Gasteiger partial charge in [-0.1, -0.05) is 82.3 Å². The van der Waals surface area contributed by atoms with Crippen molar-refractivity contribution in [3.8, 4) is 0 Å². The number of rotatable bonds is 6. The fourth-order valence-corrected chi connectivity index (χ4v) is 5.17. The van der Waals surface area contributed by atoms with Crippen molar-refractivity contribution in [3.63, 3.8) is 0 Å². The quantitative estimate of drug-likeness (QED) is 0.434. The molecule has 4 rings (SSSR count). The number of benzene rings is 2. The first-order valence-electron chi connectivity index (χ1n) is 13.8. The number of nitrogens with zero attached hydrogens (tertiary/aromatic N) is 2. The topological polar surface area (TPSA) is 6.48 Å². The molecule has 0 unspecified atom stereocenters. The fourth-order valence-electron chi connectivity index (χ4n) is 5.17. The summed E-state index contributed by atoms with van der Waals surface area (Å²) in [6.45, 7) is 17.3. The Morgan fingerprint density at radius 2 is 0.848 bits per heavy atom. The number of hydrogen-bond donors (Lipinski definition) is 0. The van der Waals surface area contributed by atoms with Crippen LogP contribution in [-0.2, 0) is 0 Å². The molecule has 0 atom stereocenters. The molecule has 2 saturated heterocycles. The van der Waals surface area contributed by atoms with Crippen LogP contribution in [0.4, 0.5) is 11.4 Å². The van der Waals surface area contributed by atoms with Gasteiger partial charge in [0.25, 0.3) is 0 Å². The molecular weight excluding hydrogens is 400 g/mol. The zero-order chi connectivity index (χ0) is 24.1. The Kier molecular flexibility index (Phi) is 12.4. The van der Waals surface area contributed by atoms with E-state index < -0.39 is 0 Å². The monoisotopic (exact) mass is 450 g/mol. The van der Waals surface area contributed by atoms with Crippen LogP contribution in [0.5, 0.6) is 0 Å². The highest BCUT2D eigenvalue weighted by molar-refractivity contribution is 5.48. The van der Waals surface area contributed by atoms with Crippen LogP contribution in [0.25, 0.3) is 0 Å². The van der Waals surface area contributed by atoms with Crippen LogP contribution in [0.15, 0.2) is 48.5 Å². The molecule has 2 fully saturated rings. The molecule has 2 nitrogen and oxygen atoms in total. The van der Waals surface area contributed by atoms with E-state index in [4.69, 9.17) is 0 Å². The number of piperidine rings is 2. The van der Waals surface area contributed by atoms with E-state index in [9.17, 15) is 0 Å². The highest BCUT2D eigenvalue weighted by Crippen LogP contribution is 2.30. The van der Waals surface area contributed by atoms with Crippen LogP contribution in [0, 0.1) is 25.7 Å².